The van der Waals surface area contributed by atoms with Crippen LogP contribution in [0.5, 0.6) is 0 Å². The largest absolute Gasteiger partial charge is 0.481 e. The minimum Gasteiger partial charge on any atom is -0.481 e. The molecule has 0 fully saturated rings. The minimum atomic E-state index is -1.50. The number of carbonyl (C=O) groups excluding carboxylic acids is 3. The Morgan fingerprint density at radius 2 is 1.38 bits per heavy atom. The molecule has 0 aromatic carbocycles. The lowest BCUT2D eigenvalue weighted by Crippen LogP contribution is -2.58. The SMILES string of the molecule is CC(N)C(=O)NC(C(=O)NC(CC(=O)O)C(=O)NC(C)C(=O)O)C(C)C. The summed E-state index contributed by atoms with van der Waals surface area (Å²) in [4.78, 5) is 58.0. The Kier molecular flexibility index (Phi) is 9.27. The predicted octanol–water partition coefficient (Wildman–Crippen LogP) is -1.98. The molecule has 0 aliphatic heterocycles. The predicted molar refractivity (Wildman–Crippen MR) is 89.8 cm³/mol. The molecule has 0 aromatic rings. The van der Waals surface area contributed by atoms with Gasteiger partial charge in [-0.1, -0.05) is 13.8 Å². The van der Waals surface area contributed by atoms with Crippen LogP contribution in [0.1, 0.15) is 34.1 Å². The number of hydrogen-bond acceptors (Lipinski definition) is 6. The molecular formula is C15H26N4O7. The van der Waals surface area contributed by atoms with Gasteiger partial charge in [0, 0.05) is 0 Å². The maximum Gasteiger partial charge on any atom is 0.325 e. The third kappa shape index (κ3) is 7.92. The van der Waals surface area contributed by atoms with Crippen molar-refractivity contribution in [3.8, 4) is 0 Å². The summed E-state index contributed by atoms with van der Waals surface area (Å²) in [6, 6.07) is -4.68. The lowest BCUT2D eigenvalue weighted by molar-refractivity contribution is -0.143. The molecule has 3 amide bonds. The van der Waals surface area contributed by atoms with E-state index in [9.17, 15) is 24.0 Å². The fourth-order valence-corrected chi connectivity index (χ4v) is 1.84. The van der Waals surface area contributed by atoms with Gasteiger partial charge < -0.3 is 31.9 Å². The molecule has 26 heavy (non-hydrogen) atoms. The van der Waals surface area contributed by atoms with Crippen LogP contribution >= 0.6 is 0 Å². The van der Waals surface area contributed by atoms with Crippen LogP contribution in [0.2, 0.25) is 0 Å². The van der Waals surface area contributed by atoms with Crippen molar-refractivity contribution in [1.82, 2.24) is 16.0 Å². The number of carboxylic acids is 2. The zero-order chi connectivity index (χ0) is 20.6. The molecule has 0 bridgehead atoms. The fourth-order valence-electron chi connectivity index (χ4n) is 1.84. The van der Waals surface area contributed by atoms with E-state index in [4.69, 9.17) is 15.9 Å². The summed E-state index contributed by atoms with van der Waals surface area (Å²) in [5, 5.41) is 24.5. The van der Waals surface area contributed by atoms with Crippen molar-refractivity contribution >= 4 is 29.7 Å². The highest BCUT2D eigenvalue weighted by molar-refractivity contribution is 5.95. The third-order valence-electron chi connectivity index (χ3n) is 3.40. The van der Waals surface area contributed by atoms with Crippen molar-refractivity contribution in [3.05, 3.63) is 0 Å². The Bertz CT molecular complexity index is 562. The van der Waals surface area contributed by atoms with Gasteiger partial charge in [0.25, 0.3) is 0 Å². The number of aliphatic carboxylic acids is 2. The van der Waals surface area contributed by atoms with Crippen LogP contribution < -0.4 is 21.7 Å². The average molecular weight is 374 g/mol. The highest BCUT2D eigenvalue weighted by Gasteiger charge is 2.31. The van der Waals surface area contributed by atoms with Crippen LogP contribution in [0.25, 0.3) is 0 Å². The number of carboxylic acid groups (broad SMARTS) is 2. The Labute approximate surface area is 150 Å². The molecule has 0 spiro atoms. The van der Waals surface area contributed by atoms with E-state index in [1.165, 1.54) is 13.8 Å². The molecule has 0 aliphatic rings. The van der Waals surface area contributed by atoms with Gasteiger partial charge in [0.05, 0.1) is 12.5 Å². The van der Waals surface area contributed by atoms with Gasteiger partial charge in [-0.05, 0) is 19.8 Å². The van der Waals surface area contributed by atoms with E-state index in [0.717, 1.165) is 0 Å². The van der Waals surface area contributed by atoms with Gasteiger partial charge in [-0.3, -0.25) is 24.0 Å². The highest BCUT2D eigenvalue weighted by Crippen LogP contribution is 2.04. The second kappa shape index (κ2) is 10.3. The van der Waals surface area contributed by atoms with Crippen molar-refractivity contribution in [2.24, 2.45) is 11.7 Å². The zero-order valence-electron chi connectivity index (χ0n) is 15.1. The van der Waals surface area contributed by atoms with Gasteiger partial charge in [0.1, 0.15) is 18.1 Å². The summed E-state index contributed by atoms with van der Waals surface area (Å²) in [6.07, 6.45) is -0.754. The summed E-state index contributed by atoms with van der Waals surface area (Å²) in [5.74, 6) is -5.38. The number of nitrogens with two attached hydrogens (primary N) is 1. The van der Waals surface area contributed by atoms with Gasteiger partial charge >= 0.3 is 11.9 Å². The summed E-state index contributed by atoms with van der Waals surface area (Å²) >= 11 is 0. The molecular weight excluding hydrogens is 348 g/mol. The maximum absolute atomic E-state index is 12.4. The van der Waals surface area contributed by atoms with E-state index < -0.39 is 60.2 Å². The summed E-state index contributed by atoms with van der Waals surface area (Å²) in [5.41, 5.74) is 5.44. The molecule has 0 aliphatic carbocycles. The third-order valence-corrected chi connectivity index (χ3v) is 3.40. The second-order valence-electron chi connectivity index (χ2n) is 6.25. The van der Waals surface area contributed by atoms with Gasteiger partial charge in [-0.2, -0.15) is 0 Å². The van der Waals surface area contributed by atoms with E-state index in [1.54, 1.807) is 13.8 Å². The molecule has 11 heteroatoms. The summed E-state index contributed by atoms with van der Waals surface area (Å²) < 4.78 is 0. The standard InChI is InChI=1S/C15H26N4O7/c1-6(2)11(19-12(22)7(3)16)14(24)18-9(5-10(20)21)13(23)17-8(4)15(25)26/h6-9,11H,5,16H2,1-4H3,(H,17,23)(H,18,24)(H,19,22)(H,20,21)(H,25,26). The molecule has 7 N–H and O–H groups in total. The van der Waals surface area contributed by atoms with E-state index in [0.29, 0.717) is 0 Å². The quantitative estimate of drug-likeness (QED) is 0.254. The van der Waals surface area contributed by atoms with Gasteiger partial charge in [-0.15, -0.1) is 0 Å². The summed E-state index contributed by atoms with van der Waals surface area (Å²) in [6.45, 7) is 5.91. The van der Waals surface area contributed by atoms with E-state index >= 15 is 0 Å². The number of nitrogens with one attached hydrogen (secondary N) is 3. The Morgan fingerprint density at radius 1 is 0.846 bits per heavy atom. The van der Waals surface area contributed by atoms with E-state index in [2.05, 4.69) is 16.0 Å². The van der Waals surface area contributed by atoms with Crippen molar-refractivity contribution in [2.75, 3.05) is 0 Å². The lowest BCUT2D eigenvalue weighted by atomic mass is 10.0. The lowest BCUT2D eigenvalue weighted by Gasteiger charge is -2.25. The zero-order valence-corrected chi connectivity index (χ0v) is 15.1. The van der Waals surface area contributed by atoms with Gasteiger partial charge in [-0.25, -0.2) is 0 Å². The number of amides is 3. The van der Waals surface area contributed by atoms with Crippen LogP contribution in [0.4, 0.5) is 0 Å². The van der Waals surface area contributed by atoms with E-state index in [1.807, 2.05) is 0 Å². The van der Waals surface area contributed by atoms with Gasteiger partial charge in [0.2, 0.25) is 17.7 Å². The number of hydrogen-bond donors (Lipinski definition) is 6. The molecule has 4 unspecified atom stereocenters. The summed E-state index contributed by atoms with van der Waals surface area (Å²) in [7, 11) is 0. The highest BCUT2D eigenvalue weighted by atomic mass is 16.4. The second-order valence-corrected chi connectivity index (χ2v) is 6.25. The topological polar surface area (TPSA) is 188 Å². The number of carbonyl (C=O) groups is 5. The first-order valence-corrected chi connectivity index (χ1v) is 7.98. The molecule has 11 nitrogen and oxygen atoms in total. The molecule has 0 saturated heterocycles. The molecule has 0 rings (SSSR count). The van der Waals surface area contributed by atoms with Crippen LogP contribution in [0.3, 0.4) is 0 Å². The Morgan fingerprint density at radius 3 is 1.77 bits per heavy atom. The van der Waals surface area contributed by atoms with Crippen molar-refractivity contribution in [3.63, 3.8) is 0 Å². The maximum atomic E-state index is 12.4. The van der Waals surface area contributed by atoms with Crippen molar-refractivity contribution in [1.29, 1.82) is 0 Å². The normalized spacial score (nSPS) is 15.3. The average Bonchev–Trinajstić information content (AvgIpc) is 2.50. The first-order chi connectivity index (χ1) is 11.9. The van der Waals surface area contributed by atoms with E-state index in [-0.39, 0.29) is 5.92 Å². The van der Waals surface area contributed by atoms with Crippen LogP contribution in [0.15, 0.2) is 0 Å². The molecule has 0 saturated carbocycles. The fraction of sp³-hybridized carbons (Fsp3) is 0.667. The van der Waals surface area contributed by atoms with Gasteiger partial charge in [0.15, 0.2) is 0 Å². The van der Waals surface area contributed by atoms with Crippen LogP contribution in [0, 0.1) is 5.92 Å². The first-order valence-electron chi connectivity index (χ1n) is 7.98. The van der Waals surface area contributed by atoms with Crippen LogP contribution in [-0.2, 0) is 24.0 Å². The minimum absolute atomic E-state index is 0.371. The number of rotatable bonds is 10. The van der Waals surface area contributed by atoms with Crippen molar-refractivity contribution in [2.45, 2.75) is 58.3 Å². The molecule has 4 atom stereocenters. The molecule has 148 valence electrons. The molecule has 0 heterocycles. The first kappa shape index (κ1) is 23.3. The molecule has 0 aromatic heterocycles. The van der Waals surface area contributed by atoms with Crippen molar-refractivity contribution < 1.29 is 34.2 Å². The Hall–Kier alpha value is -2.69. The monoisotopic (exact) mass is 374 g/mol. The van der Waals surface area contributed by atoms with Crippen LogP contribution in [-0.4, -0.2) is 64.0 Å². The molecule has 0 radical (unpaired) electrons. The Balaban J connectivity index is 5.24. The smallest absolute Gasteiger partial charge is 0.325 e.